The van der Waals surface area contributed by atoms with Crippen molar-refractivity contribution in [2.45, 2.75) is 106 Å². The van der Waals surface area contributed by atoms with Crippen molar-refractivity contribution in [2.75, 3.05) is 13.1 Å². The van der Waals surface area contributed by atoms with E-state index in [4.69, 9.17) is 5.73 Å². The maximum Gasteiger partial charge on any atom is 0.279 e. The lowest BCUT2D eigenvalue weighted by atomic mass is 9.93. The second-order valence-corrected chi connectivity index (χ2v) is 23.5. The molecule has 3 fully saturated rings. The van der Waals surface area contributed by atoms with Crippen molar-refractivity contribution in [3.8, 4) is 0 Å². The van der Waals surface area contributed by atoms with Gasteiger partial charge in [-0.3, -0.25) is 8.80 Å². The summed E-state index contributed by atoms with van der Waals surface area (Å²) >= 11 is 0. The number of nitrogens with zero attached hydrogens (tertiary/aromatic N) is 11. The number of rotatable bonds is 11. The van der Waals surface area contributed by atoms with Gasteiger partial charge in [0.1, 0.15) is 11.6 Å². The van der Waals surface area contributed by atoms with Crippen LogP contribution in [0.5, 0.6) is 0 Å². The average Bonchev–Trinajstić information content (AvgIpc) is 4.14. The number of hydrogen-bond acceptors (Lipinski definition) is 13. The first-order valence-corrected chi connectivity index (χ1v) is 27.0. The van der Waals surface area contributed by atoms with Crippen molar-refractivity contribution in [1.29, 1.82) is 0 Å². The molecule has 2 aromatic carbocycles. The fourth-order valence-corrected chi connectivity index (χ4v) is 14.3. The van der Waals surface area contributed by atoms with Gasteiger partial charge in [0.15, 0.2) is 22.6 Å². The zero-order valence-electron chi connectivity index (χ0n) is 37.6. The van der Waals surface area contributed by atoms with Crippen LogP contribution in [0.1, 0.15) is 93.4 Å². The molecule has 22 heteroatoms. The average molecular weight is 968 g/mol. The number of benzene rings is 2. The van der Waals surface area contributed by atoms with Gasteiger partial charge in [-0.2, -0.15) is 17.4 Å². The van der Waals surface area contributed by atoms with Crippen molar-refractivity contribution in [2.24, 2.45) is 17.6 Å². The van der Waals surface area contributed by atoms with Crippen LogP contribution < -0.4 is 10.5 Å². The Bertz CT molecular complexity index is 3490. The highest BCUT2D eigenvalue weighted by molar-refractivity contribution is 7.90. The van der Waals surface area contributed by atoms with E-state index >= 15 is 0 Å². The summed E-state index contributed by atoms with van der Waals surface area (Å²) in [5.74, 6) is 2.34. The fraction of sp³-hybridized carbons (Fsp3) is 0.422. The molecule has 0 amide bonds. The van der Waals surface area contributed by atoms with Crippen LogP contribution in [0.2, 0.25) is 0 Å². The summed E-state index contributed by atoms with van der Waals surface area (Å²) in [7, 11) is -11.1. The van der Waals surface area contributed by atoms with E-state index in [2.05, 4.69) is 48.9 Å². The summed E-state index contributed by atoms with van der Waals surface area (Å²) in [4.78, 5) is 9.24. The molecule has 3 aliphatic rings. The lowest BCUT2D eigenvalue weighted by Gasteiger charge is -2.31. The molecule has 0 unspecified atom stereocenters. The van der Waals surface area contributed by atoms with Gasteiger partial charge in [-0.05, 0) is 94.2 Å². The molecule has 3 N–H and O–H groups in total. The lowest BCUT2D eigenvalue weighted by Crippen LogP contribution is -2.50. The third-order valence-corrected chi connectivity index (χ3v) is 18.9. The van der Waals surface area contributed by atoms with E-state index in [-0.39, 0.29) is 45.3 Å². The van der Waals surface area contributed by atoms with E-state index in [9.17, 15) is 25.3 Å². The number of hydrogen-bond donors (Lipinski definition) is 2. The third-order valence-electron chi connectivity index (χ3n) is 13.9. The van der Waals surface area contributed by atoms with Gasteiger partial charge in [-0.25, -0.2) is 34.7 Å². The Kier molecular flexibility index (Phi) is 11.6. The minimum atomic E-state index is -3.85. The summed E-state index contributed by atoms with van der Waals surface area (Å²) in [6.07, 6.45) is 12.1. The van der Waals surface area contributed by atoms with Crippen LogP contribution in [0.25, 0.3) is 33.6 Å². The molecule has 7 heterocycles. The Balaban J connectivity index is 0.000000160. The van der Waals surface area contributed by atoms with Crippen LogP contribution in [-0.2, 0) is 30.3 Å². The van der Waals surface area contributed by atoms with Gasteiger partial charge in [-0.15, -0.1) is 20.4 Å². The zero-order chi connectivity index (χ0) is 47.0. The standard InChI is InChI=1S/C24H29N7O4S2.C21H24N6O2S/c1-3-17-13-18(28-37(34,35)29-10-4-11-29)14-20(17)23-27-26-22-15-25-24-21(31(22)23)9-12-30(24)36(32,33)19-7-5-16(2)6-8-19;1-3-14-10-15(22)11-17(14)20-25-24-19-12-23-21-18(27(19)20)8-9-26(21)30(28,29)16-6-4-13(2)5-7-16/h5-9,12,15,17-18,20,28H,3-4,10-11,13-14H2,1-2H3;4-9,12,14-15,17H,3,10-11,22H2,1-2H3/t17-,18+,20+;14-,15+,17+/m11/s1. The molecule has 19 nitrogen and oxygen atoms in total. The van der Waals surface area contributed by atoms with Crippen molar-refractivity contribution in [1.82, 2.24) is 56.1 Å². The number of aryl methyl sites for hydroxylation is 2. The quantitative estimate of drug-likeness (QED) is 0.168. The predicted molar refractivity (Wildman–Crippen MR) is 252 cm³/mol. The van der Waals surface area contributed by atoms with E-state index < -0.39 is 30.3 Å². The van der Waals surface area contributed by atoms with Crippen LogP contribution >= 0.6 is 0 Å². The number of nitrogens with two attached hydrogens (primary N) is 1. The van der Waals surface area contributed by atoms with Crippen LogP contribution in [0.3, 0.4) is 0 Å². The number of nitrogens with one attached hydrogen (secondary N) is 1. The molecule has 0 spiro atoms. The molecule has 6 atom stereocenters. The largest absolute Gasteiger partial charge is 0.328 e. The van der Waals surface area contributed by atoms with Crippen LogP contribution in [0.15, 0.2) is 95.2 Å². The van der Waals surface area contributed by atoms with E-state index in [0.717, 1.165) is 49.1 Å². The fourth-order valence-electron chi connectivity index (χ4n) is 10.2. The maximum atomic E-state index is 13.4. The molecular formula is C45H53N13O6S3. The minimum Gasteiger partial charge on any atom is -0.328 e. The first kappa shape index (κ1) is 45.1. The molecular weight excluding hydrogens is 915 g/mol. The normalized spacial score (nSPS) is 22.8. The Hall–Kier alpha value is -5.65. The summed E-state index contributed by atoms with van der Waals surface area (Å²) in [6, 6.07) is 16.9. The SMILES string of the molecule is CC[C@@H]1C[C@H](N)C[C@@H]1c1nnc2cnc3c(ccn3S(=O)(=O)c3ccc(C)cc3)n12.CC[C@@H]1C[C@H](NS(=O)(=O)N2CCC2)C[C@@H]1c1nnc2cnc3c(ccn3S(=O)(=O)c3ccc(C)cc3)n12. The third kappa shape index (κ3) is 7.89. The van der Waals surface area contributed by atoms with E-state index in [0.29, 0.717) is 65.6 Å². The Morgan fingerprint density at radius 3 is 1.52 bits per heavy atom. The van der Waals surface area contributed by atoms with Gasteiger partial charge in [0.2, 0.25) is 0 Å². The summed E-state index contributed by atoms with van der Waals surface area (Å²) < 4.78 is 89.3. The molecule has 67 heavy (non-hydrogen) atoms. The smallest absolute Gasteiger partial charge is 0.279 e. The topological polar surface area (TPSA) is 240 Å². The van der Waals surface area contributed by atoms with Gasteiger partial charge >= 0.3 is 0 Å². The van der Waals surface area contributed by atoms with Gasteiger partial charge in [-0.1, -0.05) is 62.1 Å². The minimum absolute atomic E-state index is 0.0354. The summed E-state index contributed by atoms with van der Waals surface area (Å²) in [5, 5.41) is 17.6. The van der Waals surface area contributed by atoms with Crippen LogP contribution in [-0.4, -0.2) is 102 Å². The second-order valence-electron chi connectivity index (χ2n) is 18.1. The van der Waals surface area contributed by atoms with Crippen molar-refractivity contribution < 1.29 is 25.3 Å². The van der Waals surface area contributed by atoms with Gasteiger partial charge in [0.25, 0.3) is 30.3 Å². The van der Waals surface area contributed by atoms with Gasteiger partial charge in [0.05, 0.1) is 33.2 Å². The summed E-state index contributed by atoms with van der Waals surface area (Å²) in [5.41, 5.74) is 11.3. The molecule has 2 aliphatic carbocycles. The highest BCUT2D eigenvalue weighted by atomic mass is 32.2. The summed E-state index contributed by atoms with van der Waals surface area (Å²) in [6.45, 7) is 9.21. The van der Waals surface area contributed by atoms with Crippen molar-refractivity contribution >= 4 is 63.9 Å². The van der Waals surface area contributed by atoms with Crippen molar-refractivity contribution in [3.63, 3.8) is 0 Å². The van der Waals surface area contributed by atoms with Gasteiger partial charge in [0, 0.05) is 49.4 Å². The Labute approximate surface area is 388 Å². The first-order chi connectivity index (χ1) is 32.1. The molecule has 352 valence electrons. The lowest BCUT2D eigenvalue weighted by molar-refractivity contribution is 0.301. The zero-order valence-corrected chi connectivity index (χ0v) is 40.0. The van der Waals surface area contributed by atoms with E-state index in [1.54, 1.807) is 73.1 Å². The second kappa shape index (κ2) is 17.1. The molecule has 2 saturated carbocycles. The first-order valence-electron chi connectivity index (χ1n) is 22.7. The molecule has 0 radical (unpaired) electrons. The molecule has 1 saturated heterocycles. The predicted octanol–water partition coefficient (Wildman–Crippen LogP) is 5.29. The Morgan fingerprint density at radius 2 is 1.07 bits per heavy atom. The molecule has 1 aliphatic heterocycles. The highest BCUT2D eigenvalue weighted by Gasteiger charge is 2.41. The number of fused-ring (bicyclic) bond motifs is 6. The van der Waals surface area contributed by atoms with Crippen LogP contribution in [0.4, 0.5) is 0 Å². The highest BCUT2D eigenvalue weighted by Crippen LogP contribution is 2.43. The van der Waals surface area contributed by atoms with E-state index in [1.807, 2.05) is 22.6 Å². The molecule has 6 aromatic heterocycles. The van der Waals surface area contributed by atoms with E-state index in [1.165, 1.54) is 24.6 Å². The molecule has 0 bridgehead atoms. The van der Waals surface area contributed by atoms with Gasteiger partial charge < -0.3 is 5.73 Å². The maximum absolute atomic E-state index is 13.4. The van der Waals surface area contributed by atoms with Crippen LogP contribution in [0, 0.1) is 25.7 Å². The monoisotopic (exact) mass is 967 g/mol. The molecule has 8 aromatic rings. The van der Waals surface area contributed by atoms with Crippen molar-refractivity contribution in [3.05, 3.63) is 108 Å². The number of aromatic nitrogens is 10. The molecule has 11 rings (SSSR count). The Morgan fingerprint density at radius 1 is 0.612 bits per heavy atom.